The van der Waals surface area contributed by atoms with Gasteiger partial charge in [-0.1, -0.05) is 6.07 Å². The summed E-state index contributed by atoms with van der Waals surface area (Å²) in [5.74, 6) is -0.385. The Kier molecular flexibility index (Phi) is 3.61. The van der Waals surface area contributed by atoms with E-state index in [1.165, 1.54) is 6.07 Å². The molecule has 0 spiro atoms. The van der Waals surface area contributed by atoms with Crippen LogP contribution in [0.3, 0.4) is 0 Å². The minimum Gasteiger partial charge on any atom is -0.374 e. The molecule has 0 fully saturated rings. The summed E-state index contributed by atoms with van der Waals surface area (Å²) in [7, 11) is 0. The summed E-state index contributed by atoms with van der Waals surface area (Å²) in [6, 6.07) is 6.27. The molecule has 0 unspecified atom stereocenters. The molecular weight excluding hydrogens is 181 g/mol. The summed E-state index contributed by atoms with van der Waals surface area (Å²) in [6.07, 6.45) is 0.0741. The zero-order valence-corrected chi connectivity index (χ0v) is 8.25. The lowest BCUT2D eigenvalue weighted by Gasteiger charge is -2.08. The third kappa shape index (κ3) is 2.82. The van der Waals surface area contributed by atoms with Crippen molar-refractivity contribution in [2.24, 2.45) is 0 Å². The van der Waals surface area contributed by atoms with E-state index in [1.54, 1.807) is 12.1 Å². The van der Waals surface area contributed by atoms with Crippen molar-refractivity contribution in [2.75, 3.05) is 0 Å². The van der Waals surface area contributed by atoms with Gasteiger partial charge in [-0.05, 0) is 26.0 Å². The second kappa shape index (κ2) is 4.73. The van der Waals surface area contributed by atoms with Crippen LogP contribution in [-0.2, 0) is 11.3 Å². The molecule has 0 radical (unpaired) electrons. The second-order valence-corrected chi connectivity index (χ2v) is 3.28. The fraction of sp³-hybridized carbons (Fsp3) is 0.364. The van der Waals surface area contributed by atoms with E-state index < -0.39 is 0 Å². The van der Waals surface area contributed by atoms with Crippen LogP contribution in [0.25, 0.3) is 0 Å². The van der Waals surface area contributed by atoms with Crippen LogP contribution in [-0.4, -0.2) is 6.10 Å². The van der Waals surface area contributed by atoms with Crippen LogP contribution >= 0.6 is 0 Å². The van der Waals surface area contributed by atoms with E-state index in [9.17, 15) is 4.39 Å². The maximum Gasteiger partial charge on any atom is 0.130 e. The first-order valence-corrected chi connectivity index (χ1v) is 4.43. The van der Waals surface area contributed by atoms with E-state index in [4.69, 9.17) is 10.00 Å². The molecule has 0 aliphatic rings. The zero-order chi connectivity index (χ0) is 10.6. The van der Waals surface area contributed by atoms with E-state index in [1.807, 2.05) is 19.9 Å². The Labute approximate surface area is 82.9 Å². The third-order valence-electron chi connectivity index (χ3n) is 1.75. The van der Waals surface area contributed by atoms with Crippen molar-refractivity contribution in [1.29, 1.82) is 5.26 Å². The van der Waals surface area contributed by atoms with Crippen LogP contribution in [0.15, 0.2) is 18.2 Å². The van der Waals surface area contributed by atoms with Crippen molar-refractivity contribution in [3.8, 4) is 6.07 Å². The van der Waals surface area contributed by atoms with Crippen LogP contribution in [0, 0.1) is 17.1 Å². The highest BCUT2D eigenvalue weighted by Crippen LogP contribution is 2.11. The summed E-state index contributed by atoms with van der Waals surface area (Å²) in [5.41, 5.74) is 0.813. The van der Waals surface area contributed by atoms with Crippen molar-refractivity contribution in [3.63, 3.8) is 0 Å². The number of hydrogen-bond acceptors (Lipinski definition) is 2. The summed E-state index contributed by atoms with van der Waals surface area (Å²) >= 11 is 0. The van der Waals surface area contributed by atoms with E-state index in [-0.39, 0.29) is 18.5 Å². The van der Waals surface area contributed by atoms with Crippen molar-refractivity contribution in [1.82, 2.24) is 0 Å². The van der Waals surface area contributed by atoms with Gasteiger partial charge in [0, 0.05) is 5.56 Å². The summed E-state index contributed by atoms with van der Waals surface area (Å²) in [5, 5.41) is 8.52. The highest BCUT2D eigenvalue weighted by Gasteiger charge is 2.04. The van der Waals surface area contributed by atoms with Gasteiger partial charge in [0.2, 0.25) is 0 Å². The number of rotatable bonds is 3. The van der Waals surface area contributed by atoms with Gasteiger partial charge in [-0.3, -0.25) is 0 Å². The monoisotopic (exact) mass is 193 g/mol. The van der Waals surface area contributed by atoms with Gasteiger partial charge in [0.25, 0.3) is 0 Å². The zero-order valence-electron chi connectivity index (χ0n) is 8.25. The Balaban J connectivity index is 2.75. The fourth-order valence-electron chi connectivity index (χ4n) is 0.990. The Morgan fingerprint density at radius 1 is 1.50 bits per heavy atom. The maximum atomic E-state index is 13.3. The van der Waals surface area contributed by atoms with Crippen molar-refractivity contribution >= 4 is 0 Å². The lowest BCUT2D eigenvalue weighted by atomic mass is 10.1. The topological polar surface area (TPSA) is 33.0 Å². The molecule has 0 bridgehead atoms. The smallest absolute Gasteiger partial charge is 0.130 e. The van der Waals surface area contributed by atoms with Gasteiger partial charge >= 0.3 is 0 Å². The van der Waals surface area contributed by atoms with Crippen molar-refractivity contribution in [2.45, 2.75) is 26.6 Å². The molecule has 0 N–H and O–H groups in total. The molecule has 0 amide bonds. The number of nitrogens with zero attached hydrogens (tertiary/aromatic N) is 1. The second-order valence-electron chi connectivity index (χ2n) is 3.28. The number of halogens is 1. The first-order chi connectivity index (χ1) is 6.63. The molecule has 1 aromatic rings. The first kappa shape index (κ1) is 10.7. The Morgan fingerprint density at radius 3 is 2.71 bits per heavy atom. The molecule has 1 aromatic carbocycles. The van der Waals surface area contributed by atoms with Gasteiger partial charge in [-0.2, -0.15) is 5.26 Å². The Bertz CT molecular complexity index is 355. The van der Waals surface area contributed by atoms with Gasteiger partial charge in [0.15, 0.2) is 0 Å². The SMILES string of the molecule is CC(C)OCc1ccc(C#N)cc1F. The van der Waals surface area contributed by atoms with Crippen LogP contribution in [0.5, 0.6) is 0 Å². The molecular formula is C11H12FNO. The van der Waals surface area contributed by atoms with Gasteiger partial charge in [0.05, 0.1) is 24.3 Å². The first-order valence-electron chi connectivity index (χ1n) is 4.43. The highest BCUT2D eigenvalue weighted by molar-refractivity contribution is 5.32. The van der Waals surface area contributed by atoms with Crippen LogP contribution < -0.4 is 0 Å². The third-order valence-corrected chi connectivity index (χ3v) is 1.75. The van der Waals surface area contributed by atoms with Gasteiger partial charge in [0.1, 0.15) is 5.82 Å². The summed E-state index contributed by atoms with van der Waals surface area (Å²) in [4.78, 5) is 0. The molecule has 0 saturated carbocycles. The highest BCUT2D eigenvalue weighted by atomic mass is 19.1. The number of nitriles is 1. The molecule has 14 heavy (non-hydrogen) atoms. The predicted molar refractivity (Wildman–Crippen MR) is 51.0 cm³/mol. The van der Waals surface area contributed by atoms with E-state index >= 15 is 0 Å². The number of hydrogen-bond donors (Lipinski definition) is 0. The average molecular weight is 193 g/mol. The standard InChI is InChI=1S/C11H12FNO/c1-8(2)14-7-10-4-3-9(6-13)5-11(10)12/h3-5,8H,7H2,1-2H3. The molecule has 74 valence electrons. The van der Waals surface area contributed by atoms with Gasteiger partial charge < -0.3 is 4.74 Å². The van der Waals surface area contributed by atoms with Crippen LogP contribution in [0.2, 0.25) is 0 Å². The quantitative estimate of drug-likeness (QED) is 0.739. The van der Waals surface area contributed by atoms with E-state index in [0.29, 0.717) is 11.1 Å². The summed E-state index contributed by atoms with van der Waals surface area (Å²) < 4.78 is 18.5. The van der Waals surface area contributed by atoms with Crippen LogP contribution in [0.4, 0.5) is 4.39 Å². The molecule has 0 heterocycles. The Morgan fingerprint density at radius 2 is 2.21 bits per heavy atom. The average Bonchev–Trinajstić information content (AvgIpc) is 2.15. The number of benzene rings is 1. The minimum absolute atomic E-state index is 0.0741. The summed E-state index contributed by atoms with van der Waals surface area (Å²) in [6.45, 7) is 4.03. The molecule has 0 atom stereocenters. The largest absolute Gasteiger partial charge is 0.374 e. The Hall–Kier alpha value is -1.40. The van der Waals surface area contributed by atoms with Crippen molar-refractivity contribution < 1.29 is 9.13 Å². The number of ether oxygens (including phenoxy) is 1. The predicted octanol–water partition coefficient (Wildman–Crippen LogP) is 2.62. The molecule has 1 rings (SSSR count). The molecule has 0 aliphatic carbocycles. The molecule has 0 aromatic heterocycles. The molecule has 2 nitrogen and oxygen atoms in total. The fourth-order valence-corrected chi connectivity index (χ4v) is 0.990. The lowest BCUT2D eigenvalue weighted by Crippen LogP contribution is -2.03. The molecule has 0 aliphatic heterocycles. The van der Waals surface area contributed by atoms with E-state index in [2.05, 4.69) is 0 Å². The minimum atomic E-state index is -0.385. The van der Waals surface area contributed by atoms with Crippen molar-refractivity contribution in [3.05, 3.63) is 35.1 Å². The molecule has 3 heteroatoms. The normalized spacial score (nSPS) is 10.2. The van der Waals surface area contributed by atoms with Crippen LogP contribution in [0.1, 0.15) is 25.0 Å². The van der Waals surface area contributed by atoms with E-state index in [0.717, 1.165) is 0 Å². The molecule has 0 saturated heterocycles. The van der Waals surface area contributed by atoms with Gasteiger partial charge in [-0.15, -0.1) is 0 Å². The van der Waals surface area contributed by atoms with Gasteiger partial charge in [-0.25, -0.2) is 4.39 Å². The maximum absolute atomic E-state index is 13.3. The lowest BCUT2D eigenvalue weighted by molar-refractivity contribution is 0.0639.